The Morgan fingerprint density at radius 1 is 1.65 bits per heavy atom. The number of carbonyl (C=O) groups is 1. The molecule has 3 nitrogen and oxygen atoms in total. The van der Waals surface area contributed by atoms with Gasteiger partial charge in [0.2, 0.25) is 0 Å². The molecule has 1 aromatic rings. The molecule has 1 N–H and O–H groups in total. The number of carbonyl (C=O) groups excluding carboxylic acids is 1. The molecule has 17 heavy (non-hydrogen) atoms. The highest BCUT2D eigenvalue weighted by Gasteiger charge is 2.12. The van der Waals surface area contributed by atoms with Gasteiger partial charge >= 0.3 is 0 Å². The van der Waals surface area contributed by atoms with E-state index in [0.29, 0.717) is 6.42 Å². The molecule has 1 rings (SSSR count). The molecular formula is C13H19NO2S. The number of hydrogen-bond donors (Lipinski definition) is 1. The van der Waals surface area contributed by atoms with Crippen molar-refractivity contribution in [1.29, 1.82) is 0 Å². The predicted octanol–water partition coefficient (Wildman–Crippen LogP) is 2.98. The van der Waals surface area contributed by atoms with Gasteiger partial charge in [-0.25, -0.2) is 4.98 Å². The van der Waals surface area contributed by atoms with Gasteiger partial charge in [0, 0.05) is 18.2 Å². The summed E-state index contributed by atoms with van der Waals surface area (Å²) in [6, 6.07) is 0. The molecule has 0 radical (unpaired) electrons. The number of hydrogen-bond acceptors (Lipinski definition) is 4. The number of aromatic nitrogens is 1. The van der Waals surface area contributed by atoms with Gasteiger partial charge in [-0.1, -0.05) is 6.92 Å². The highest BCUT2D eigenvalue weighted by atomic mass is 32.1. The average Bonchev–Trinajstić information content (AvgIpc) is 2.64. The molecule has 0 aliphatic rings. The summed E-state index contributed by atoms with van der Waals surface area (Å²) in [4.78, 5) is 15.7. The van der Waals surface area contributed by atoms with Gasteiger partial charge in [0.1, 0.15) is 5.78 Å². The summed E-state index contributed by atoms with van der Waals surface area (Å²) < 4.78 is 0. The third kappa shape index (κ3) is 4.79. The fourth-order valence-corrected chi connectivity index (χ4v) is 2.10. The van der Waals surface area contributed by atoms with E-state index in [1.165, 1.54) is 0 Å². The summed E-state index contributed by atoms with van der Waals surface area (Å²) in [6.45, 7) is 5.74. The highest BCUT2D eigenvalue weighted by molar-refractivity contribution is 7.09. The number of aliphatic hydroxyl groups is 1. The number of aryl methyl sites for hydroxylation is 1. The van der Waals surface area contributed by atoms with E-state index in [0.717, 1.165) is 22.7 Å². The lowest BCUT2D eigenvalue weighted by atomic mass is 10.0. The summed E-state index contributed by atoms with van der Waals surface area (Å²) in [7, 11) is 0. The maximum atomic E-state index is 11.4. The standard InChI is InChI=1S/C13H19NO2S/c1-4-5-12(15)7-13(16)9(2)6-11-8-17-10(3)14-11/h6,8,13,16H,4-5,7H2,1-3H3/b9-6+/t13-/m0/s1. The van der Waals surface area contributed by atoms with Crippen LogP contribution in [0.2, 0.25) is 0 Å². The molecule has 1 aromatic heterocycles. The largest absolute Gasteiger partial charge is 0.388 e. The average molecular weight is 253 g/mol. The van der Waals surface area contributed by atoms with E-state index < -0.39 is 6.10 Å². The molecule has 0 unspecified atom stereocenters. The van der Waals surface area contributed by atoms with Crippen LogP contribution in [-0.2, 0) is 4.79 Å². The van der Waals surface area contributed by atoms with Crippen LogP contribution in [0.5, 0.6) is 0 Å². The second-order valence-electron chi connectivity index (χ2n) is 4.19. The summed E-state index contributed by atoms with van der Waals surface area (Å²) in [5.74, 6) is 0.113. The Bertz CT molecular complexity index is 409. The molecule has 94 valence electrons. The number of aliphatic hydroxyl groups excluding tert-OH is 1. The minimum absolute atomic E-state index is 0.113. The molecule has 0 amide bonds. The minimum atomic E-state index is -0.684. The van der Waals surface area contributed by atoms with Crippen LogP contribution in [0.1, 0.15) is 43.8 Å². The Balaban J connectivity index is 2.59. The quantitative estimate of drug-likeness (QED) is 0.848. The zero-order chi connectivity index (χ0) is 12.8. The molecule has 1 atom stereocenters. The van der Waals surface area contributed by atoms with Crippen molar-refractivity contribution in [2.75, 3.05) is 0 Å². The Hall–Kier alpha value is -1.00. The number of nitrogens with zero attached hydrogens (tertiary/aromatic N) is 1. The molecule has 0 aliphatic heterocycles. The Morgan fingerprint density at radius 2 is 2.35 bits per heavy atom. The highest BCUT2D eigenvalue weighted by Crippen LogP contribution is 2.15. The van der Waals surface area contributed by atoms with Gasteiger partial charge in [-0.2, -0.15) is 0 Å². The lowest BCUT2D eigenvalue weighted by Gasteiger charge is -2.09. The molecule has 4 heteroatoms. The predicted molar refractivity (Wildman–Crippen MR) is 71.0 cm³/mol. The van der Waals surface area contributed by atoms with Gasteiger partial charge < -0.3 is 5.11 Å². The topological polar surface area (TPSA) is 50.2 Å². The summed E-state index contributed by atoms with van der Waals surface area (Å²) in [6.07, 6.45) is 2.74. The van der Waals surface area contributed by atoms with E-state index in [4.69, 9.17) is 0 Å². The molecule has 0 fully saturated rings. The van der Waals surface area contributed by atoms with Crippen LogP contribution >= 0.6 is 11.3 Å². The Kier molecular flexibility index (Phi) is 5.51. The Labute approximate surface area is 106 Å². The molecular weight excluding hydrogens is 234 g/mol. The van der Waals surface area contributed by atoms with Crippen molar-refractivity contribution in [1.82, 2.24) is 4.98 Å². The first-order valence-electron chi connectivity index (χ1n) is 5.83. The van der Waals surface area contributed by atoms with Gasteiger partial charge in [0.05, 0.1) is 16.8 Å². The molecule has 0 aromatic carbocycles. The molecule has 0 spiro atoms. The summed E-state index contributed by atoms with van der Waals surface area (Å²) in [5, 5.41) is 12.8. The van der Waals surface area contributed by atoms with Crippen LogP contribution in [0, 0.1) is 6.92 Å². The van der Waals surface area contributed by atoms with Crippen LogP contribution < -0.4 is 0 Å². The van der Waals surface area contributed by atoms with Crippen molar-refractivity contribution in [3.63, 3.8) is 0 Å². The SMILES string of the molecule is CCCC(=O)C[C@H](O)/C(C)=C/c1csc(C)n1. The lowest BCUT2D eigenvalue weighted by Crippen LogP contribution is -2.14. The second-order valence-corrected chi connectivity index (χ2v) is 5.25. The molecule has 0 saturated carbocycles. The number of ketones is 1. The zero-order valence-corrected chi connectivity index (χ0v) is 11.4. The molecule has 0 aliphatic carbocycles. The number of thiazole rings is 1. The fraction of sp³-hybridized carbons (Fsp3) is 0.538. The van der Waals surface area contributed by atoms with Crippen LogP contribution in [0.3, 0.4) is 0 Å². The van der Waals surface area contributed by atoms with Crippen LogP contribution in [0.4, 0.5) is 0 Å². The number of Topliss-reactive ketones (excluding diaryl/α,β-unsaturated/α-hetero) is 1. The van der Waals surface area contributed by atoms with Crippen molar-refractivity contribution in [2.24, 2.45) is 0 Å². The maximum Gasteiger partial charge on any atom is 0.135 e. The van der Waals surface area contributed by atoms with Gasteiger partial charge in [0.25, 0.3) is 0 Å². The fourth-order valence-electron chi connectivity index (χ4n) is 1.53. The normalized spacial score (nSPS) is 13.8. The van der Waals surface area contributed by atoms with Crippen LogP contribution in [-0.4, -0.2) is 22.0 Å². The van der Waals surface area contributed by atoms with Crippen molar-refractivity contribution in [3.8, 4) is 0 Å². The smallest absolute Gasteiger partial charge is 0.135 e. The van der Waals surface area contributed by atoms with Gasteiger partial charge in [-0.15, -0.1) is 11.3 Å². The first-order chi connectivity index (χ1) is 8.02. The van der Waals surface area contributed by atoms with Crippen molar-refractivity contribution >= 4 is 23.2 Å². The van der Waals surface area contributed by atoms with E-state index in [-0.39, 0.29) is 12.2 Å². The van der Waals surface area contributed by atoms with Gasteiger partial charge in [-0.05, 0) is 31.9 Å². The number of rotatable bonds is 6. The summed E-state index contributed by atoms with van der Waals surface area (Å²) in [5.41, 5.74) is 1.65. The monoisotopic (exact) mass is 253 g/mol. The van der Waals surface area contributed by atoms with Crippen LogP contribution in [0.25, 0.3) is 6.08 Å². The van der Waals surface area contributed by atoms with Crippen LogP contribution in [0.15, 0.2) is 11.0 Å². The minimum Gasteiger partial charge on any atom is -0.388 e. The van der Waals surface area contributed by atoms with E-state index in [1.54, 1.807) is 11.3 Å². The molecule has 1 heterocycles. The maximum absolute atomic E-state index is 11.4. The van der Waals surface area contributed by atoms with E-state index in [9.17, 15) is 9.90 Å². The zero-order valence-electron chi connectivity index (χ0n) is 10.6. The molecule has 0 saturated heterocycles. The first kappa shape index (κ1) is 14.1. The van der Waals surface area contributed by atoms with E-state index >= 15 is 0 Å². The summed E-state index contributed by atoms with van der Waals surface area (Å²) >= 11 is 1.58. The third-order valence-electron chi connectivity index (χ3n) is 2.49. The van der Waals surface area contributed by atoms with Crippen molar-refractivity contribution in [2.45, 2.75) is 46.1 Å². The first-order valence-corrected chi connectivity index (χ1v) is 6.71. The van der Waals surface area contributed by atoms with Gasteiger partial charge in [0.15, 0.2) is 0 Å². The van der Waals surface area contributed by atoms with E-state index in [1.807, 2.05) is 32.2 Å². The van der Waals surface area contributed by atoms with Crippen molar-refractivity contribution in [3.05, 3.63) is 21.7 Å². The van der Waals surface area contributed by atoms with E-state index in [2.05, 4.69) is 4.98 Å². The Morgan fingerprint density at radius 3 is 2.88 bits per heavy atom. The molecule has 0 bridgehead atoms. The van der Waals surface area contributed by atoms with Gasteiger partial charge in [-0.3, -0.25) is 4.79 Å². The van der Waals surface area contributed by atoms with Crippen molar-refractivity contribution < 1.29 is 9.90 Å². The third-order valence-corrected chi connectivity index (χ3v) is 3.28. The second kappa shape index (κ2) is 6.67. The lowest BCUT2D eigenvalue weighted by molar-refractivity contribution is -0.120.